The van der Waals surface area contributed by atoms with Gasteiger partial charge in [-0.15, -0.1) is 0 Å². The molecule has 5 rings (SSSR count). The van der Waals surface area contributed by atoms with Gasteiger partial charge in [0.2, 0.25) is 5.95 Å². The number of rotatable bonds is 8. The van der Waals surface area contributed by atoms with Crippen molar-refractivity contribution in [3.05, 3.63) is 71.8 Å². The number of anilines is 4. The number of ether oxygens (including phenoxy) is 1. The first-order valence-corrected chi connectivity index (χ1v) is 12.9. The Hall–Kier alpha value is -3.43. The van der Waals surface area contributed by atoms with E-state index >= 15 is 0 Å². The minimum Gasteiger partial charge on any atom is -0.385 e. The average Bonchev–Trinajstić information content (AvgIpc) is 3.36. The molecule has 8 nitrogen and oxygen atoms in total. The number of hydrogen-bond acceptors (Lipinski definition) is 7. The monoisotopic (exact) mass is 503 g/mol. The lowest BCUT2D eigenvalue weighted by Gasteiger charge is -2.37. The Bertz CT molecular complexity index is 1140. The molecule has 0 spiro atoms. The number of methoxy groups -OCH3 is 1. The molecule has 1 saturated heterocycles. The third-order valence-electron chi connectivity index (χ3n) is 6.63. The summed E-state index contributed by atoms with van der Waals surface area (Å²) in [6, 6.07) is 21.3. The molecule has 2 N–H and O–H groups in total. The third-order valence-corrected chi connectivity index (χ3v) is 6.87. The lowest BCUT2D eigenvalue weighted by molar-refractivity contribution is 0.196. The Kier molecular flexibility index (Phi) is 7.78. The van der Waals surface area contributed by atoms with E-state index in [-0.39, 0.29) is 0 Å². The molecule has 3 aromatic rings. The highest BCUT2D eigenvalue weighted by Crippen LogP contribution is 2.30. The SMILES string of the molecule is COCCCNC(=S)Nc1nc(N2CCN(c3ccccc3)CC2)cc(N2Cc3ccccc3C2)n1. The molecule has 0 bridgehead atoms. The second kappa shape index (κ2) is 11.5. The molecule has 36 heavy (non-hydrogen) atoms. The summed E-state index contributed by atoms with van der Waals surface area (Å²) in [5, 5.41) is 6.95. The van der Waals surface area contributed by atoms with E-state index in [0.717, 1.165) is 63.9 Å². The molecule has 1 aromatic heterocycles. The predicted molar refractivity (Wildman–Crippen MR) is 150 cm³/mol. The van der Waals surface area contributed by atoms with Gasteiger partial charge in [-0.2, -0.15) is 9.97 Å². The molecular weight excluding hydrogens is 470 g/mol. The Labute approximate surface area is 218 Å². The first-order valence-electron chi connectivity index (χ1n) is 12.5. The number of aromatic nitrogens is 2. The van der Waals surface area contributed by atoms with Gasteiger partial charge < -0.3 is 30.1 Å². The standard InChI is InChI=1S/C27H33N7OS/c1-35-17-7-12-28-27(36)31-26-29-24(33-15-13-32(14-16-33)23-10-3-2-4-11-23)18-25(30-26)34-19-21-8-5-6-9-22(21)20-34/h2-6,8-11,18H,7,12-17,19-20H2,1H3,(H2,28,29,30,31,36). The van der Waals surface area contributed by atoms with Crippen molar-refractivity contribution in [1.29, 1.82) is 0 Å². The van der Waals surface area contributed by atoms with Gasteiger partial charge >= 0.3 is 0 Å². The second-order valence-electron chi connectivity index (χ2n) is 9.07. The summed E-state index contributed by atoms with van der Waals surface area (Å²) >= 11 is 5.51. The van der Waals surface area contributed by atoms with Crippen LogP contribution in [0.2, 0.25) is 0 Å². The van der Waals surface area contributed by atoms with E-state index < -0.39 is 0 Å². The summed E-state index contributed by atoms with van der Waals surface area (Å²) < 4.78 is 5.12. The van der Waals surface area contributed by atoms with Gasteiger partial charge in [0.05, 0.1) is 0 Å². The van der Waals surface area contributed by atoms with Gasteiger partial charge in [0.25, 0.3) is 0 Å². The van der Waals surface area contributed by atoms with Gasteiger partial charge in [-0.25, -0.2) is 0 Å². The van der Waals surface area contributed by atoms with Crippen LogP contribution in [0, 0.1) is 0 Å². The van der Waals surface area contributed by atoms with E-state index in [1.807, 2.05) is 0 Å². The summed E-state index contributed by atoms with van der Waals surface area (Å²) in [6.07, 6.45) is 0.877. The molecule has 0 aliphatic carbocycles. The van der Waals surface area contributed by atoms with Gasteiger partial charge in [0.15, 0.2) is 5.11 Å². The fourth-order valence-corrected chi connectivity index (χ4v) is 4.89. The van der Waals surface area contributed by atoms with E-state index in [4.69, 9.17) is 26.9 Å². The van der Waals surface area contributed by atoms with Crippen LogP contribution in [0.5, 0.6) is 0 Å². The van der Waals surface area contributed by atoms with E-state index in [1.165, 1.54) is 16.8 Å². The Morgan fingerprint density at radius 1 is 0.861 bits per heavy atom. The van der Waals surface area contributed by atoms with E-state index in [9.17, 15) is 0 Å². The Balaban J connectivity index is 1.32. The van der Waals surface area contributed by atoms with E-state index in [1.54, 1.807) is 7.11 Å². The van der Waals surface area contributed by atoms with Crippen molar-refractivity contribution in [2.24, 2.45) is 0 Å². The molecule has 0 atom stereocenters. The van der Waals surface area contributed by atoms with Crippen LogP contribution in [0.15, 0.2) is 60.7 Å². The van der Waals surface area contributed by atoms with Crippen molar-refractivity contribution in [2.75, 3.05) is 66.5 Å². The maximum atomic E-state index is 5.51. The molecule has 2 aliphatic heterocycles. The van der Waals surface area contributed by atoms with Gasteiger partial charge in [0, 0.05) is 71.3 Å². The van der Waals surface area contributed by atoms with Crippen LogP contribution in [-0.4, -0.2) is 61.5 Å². The van der Waals surface area contributed by atoms with Gasteiger partial charge in [-0.1, -0.05) is 42.5 Å². The van der Waals surface area contributed by atoms with Gasteiger partial charge in [0.1, 0.15) is 11.6 Å². The summed E-state index contributed by atoms with van der Waals surface area (Å²) in [4.78, 5) is 16.8. The van der Waals surface area contributed by atoms with Crippen LogP contribution in [0.25, 0.3) is 0 Å². The summed E-state index contributed by atoms with van der Waals surface area (Å²) in [5.74, 6) is 2.35. The highest BCUT2D eigenvalue weighted by molar-refractivity contribution is 7.80. The molecule has 2 aromatic carbocycles. The number of benzene rings is 2. The zero-order chi connectivity index (χ0) is 24.7. The molecule has 2 aliphatic rings. The smallest absolute Gasteiger partial charge is 0.232 e. The average molecular weight is 504 g/mol. The van der Waals surface area contributed by atoms with Crippen LogP contribution in [0.3, 0.4) is 0 Å². The first kappa shape index (κ1) is 24.3. The number of para-hydroxylation sites is 1. The molecule has 3 heterocycles. The van der Waals surface area contributed by atoms with Crippen LogP contribution in [0.1, 0.15) is 17.5 Å². The maximum absolute atomic E-state index is 5.51. The first-order chi connectivity index (χ1) is 17.7. The lowest BCUT2D eigenvalue weighted by Crippen LogP contribution is -2.47. The van der Waals surface area contributed by atoms with Crippen LogP contribution >= 0.6 is 12.2 Å². The minimum atomic E-state index is 0.521. The molecule has 0 unspecified atom stereocenters. The fourth-order valence-electron chi connectivity index (χ4n) is 4.69. The van der Waals surface area contributed by atoms with Gasteiger partial charge in [-0.05, 0) is 41.9 Å². The number of nitrogens with one attached hydrogen (secondary N) is 2. The van der Waals surface area contributed by atoms with E-state index in [0.29, 0.717) is 17.7 Å². The van der Waals surface area contributed by atoms with Crippen molar-refractivity contribution >= 4 is 40.6 Å². The van der Waals surface area contributed by atoms with Crippen molar-refractivity contribution in [1.82, 2.24) is 15.3 Å². The highest BCUT2D eigenvalue weighted by Gasteiger charge is 2.24. The molecule has 0 amide bonds. The topological polar surface area (TPSA) is 68.8 Å². The van der Waals surface area contributed by atoms with Crippen molar-refractivity contribution in [3.63, 3.8) is 0 Å². The van der Waals surface area contributed by atoms with Crippen LogP contribution in [0.4, 0.5) is 23.3 Å². The molecule has 9 heteroatoms. The Morgan fingerprint density at radius 3 is 2.14 bits per heavy atom. The van der Waals surface area contributed by atoms with Crippen LogP contribution < -0.4 is 25.3 Å². The maximum Gasteiger partial charge on any atom is 0.232 e. The zero-order valence-electron chi connectivity index (χ0n) is 20.7. The molecule has 188 valence electrons. The van der Waals surface area contributed by atoms with Crippen molar-refractivity contribution in [2.45, 2.75) is 19.5 Å². The summed E-state index contributed by atoms with van der Waals surface area (Å²) in [7, 11) is 1.70. The normalized spacial score (nSPS) is 15.1. The number of hydrogen-bond donors (Lipinski definition) is 2. The highest BCUT2D eigenvalue weighted by atomic mass is 32.1. The molecule has 0 radical (unpaired) electrons. The van der Waals surface area contributed by atoms with E-state index in [2.05, 4.69) is 86.0 Å². The molecule has 0 saturated carbocycles. The second-order valence-corrected chi connectivity index (χ2v) is 9.48. The lowest BCUT2D eigenvalue weighted by atomic mass is 10.1. The number of nitrogens with zero attached hydrogens (tertiary/aromatic N) is 5. The van der Waals surface area contributed by atoms with Crippen LogP contribution in [-0.2, 0) is 17.8 Å². The Morgan fingerprint density at radius 2 is 1.47 bits per heavy atom. The summed E-state index contributed by atoms with van der Waals surface area (Å²) in [6.45, 7) is 6.78. The fraction of sp³-hybridized carbons (Fsp3) is 0.370. The number of piperazine rings is 1. The van der Waals surface area contributed by atoms with Crippen molar-refractivity contribution in [3.8, 4) is 0 Å². The quantitative estimate of drug-likeness (QED) is 0.354. The third kappa shape index (κ3) is 5.85. The largest absolute Gasteiger partial charge is 0.385 e. The minimum absolute atomic E-state index is 0.521. The molecular formula is C27H33N7OS. The predicted octanol–water partition coefficient (Wildman–Crippen LogP) is 3.65. The van der Waals surface area contributed by atoms with Crippen molar-refractivity contribution < 1.29 is 4.74 Å². The number of fused-ring (bicyclic) bond motifs is 1. The number of thiocarbonyl (C=S) groups is 1. The zero-order valence-corrected chi connectivity index (χ0v) is 21.5. The van der Waals surface area contributed by atoms with Gasteiger partial charge in [-0.3, -0.25) is 0 Å². The summed E-state index contributed by atoms with van der Waals surface area (Å²) in [5.41, 5.74) is 3.96. The molecule has 1 fully saturated rings.